The topological polar surface area (TPSA) is 111 Å². The highest BCUT2D eigenvalue weighted by Gasteiger charge is 2.43. The highest BCUT2D eigenvalue weighted by atomic mass is 35.5. The Balaban J connectivity index is 0.000000354. The van der Waals surface area contributed by atoms with Crippen LogP contribution in [0.5, 0.6) is 0 Å². The van der Waals surface area contributed by atoms with E-state index in [9.17, 15) is 24.2 Å². The van der Waals surface area contributed by atoms with Crippen molar-refractivity contribution in [2.75, 3.05) is 20.2 Å². The fourth-order valence-electron chi connectivity index (χ4n) is 4.10. The SMILES string of the molecule is CC.CCC(=C1/NC2(CCCC2)NC1=O)/C(CO)=C(/O)C=O.CNCC1C=C(Cl)C(F)=CC1. The lowest BCUT2D eigenvalue weighted by Crippen LogP contribution is -2.46. The molecule has 5 N–H and O–H groups in total. The van der Waals surface area contributed by atoms with Crippen LogP contribution in [0, 0.1) is 5.92 Å². The normalized spacial score (nSPS) is 23.0. The number of carbonyl (C=O) groups is 2. The number of aliphatic hydroxyl groups is 2. The minimum absolute atomic E-state index is 0.107. The molecule has 2 fully saturated rings. The second-order valence-electron chi connectivity index (χ2n) is 7.84. The van der Waals surface area contributed by atoms with Crippen LogP contribution in [-0.4, -0.2) is 48.3 Å². The second-order valence-corrected chi connectivity index (χ2v) is 8.24. The molecule has 9 heteroatoms. The third-order valence-corrected chi connectivity index (χ3v) is 5.98. The molecule has 0 bridgehead atoms. The quantitative estimate of drug-likeness (QED) is 0.222. The maximum atomic E-state index is 12.6. The summed E-state index contributed by atoms with van der Waals surface area (Å²) in [4.78, 5) is 22.9. The third-order valence-electron chi connectivity index (χ3n) is 5.68. The first-order valence-electron chi connectivity index (χ1n) is 11.5. The van der Waals surface area contributed by atoms with Gasteiger partial charge in [0.1, 0.15) is 17.2 Å². The Hall–Kier alpha value is -2.16. The summed E-state index contributed by atoms with van der Waals surface area (Å²) >= 11 is 5.59. The Morgan fingerprint density at radius 3 is 2.45 bits per heavy atom. The molecule has 1 saturated carbocycles. The lowest BCUT2D eigenvalue weighted by Gasteiger charge is -2.23. The molecule has 0 radical (unpaired) electrons. The van der Waals surface area contributed by atoms with E-state index in [1.54, 1.807) is 6.08 Å². The van der Waals surface area contributed by atoms with Gasteiger partial charge < -0.3 is 26.2 Å². The van der Waals surface area contributed by atoms with Crippen molar-refractivity contribution in [1.82, 2.24) is 16.0 Å². The van der Waals surface area contributed by atoms with Crippen LogP contribution in [0.25, 0.3) is 0 Å². The number of aldehydes is 1. The van der Waals surface area contributed by atoms with Gasteiger partial charge in [-0.25, -0.2) is 4.39 Å². The summed E-state index contributed by atoms with van der Waals surface area (Å²) in [6.07, 6.45) is 8.54. The van der Waals surface area contributed by atoms with Gasteiger partial charge in [0.15, 0.2) is 12.0 Å². The predicted molar refractivity (Wildman–Crippen MR) is 129 cm³/mol. The van der Waals surface area contributed by atoms with Gasteiger partial charge in [-0.3, -0.25) is 9.59 Å². The van der Waals surface area contributed by atoms with E-state index in [2.05, 4.69) is 16.0 Å². The van der Waals surface area contributed by atoms with Gasteiger partial charge in [-0.1, -0.05) is 38.4 Å². The molecule has 0 aromatic rings. The number of nitrogens with one attached hydrogen (secondary N) is 3. The van der Waals surface area contributed by atoms with Crippen LogP contribution < -0.4 is 16.0 Å². The second kappa shape index (κ2) is 14.2. The Labute approximate surface area is 200 Å². The summed E-state index contributed by atoms with van der Waals surface area (Å²) in [5.74, 6) is -0.724. The largest absolute Gasteiger partial charge is 0.504 e. The summed E-state index contributed by atoms with van der Waals surface area (Å²) < 4.78 is 12.6. The standard InChI is InChI=1S/C14H20N2O4.C8H11ClFN.C2H6/c1-2-9(10(7-17)11(19)8-18)12-13(20)16-14(15-12)5-3-4-6-14;1-11-5-6-2-3-8(10)7(9)4-6;1-2/h8,15,17,19H,2-7H2,1H3,(H,16,20);3-4,6,11H,2,5H2,1H3;1-2H3/b11-10+,12-9-;;. The molecule has 1 amide bonds. The van der Waals surface area contributed by atoms with E-state index in [4.69, 9.17) is 11.6 Å². The van der Waals surface area contributed by atoms with Crippen molar-refractivity contribution < 1.29 is 24.2 Å². The number of hydrogen-bond acceptors (Lipinski definition) is 6. The number of allylic oxidation sites excluding steroid dienone is 4. The molecule has 7 nitrogen and oxygen atoms in total. The Morgan fingerprint density at radius 1 is 1.33 bits per heavy atom. The van der Waals surface area contributed by atoms with E-state index < -0.39 is 18.0 Å². The van der Waals surface area contributed by atoms with Crippen LogP contribution in [0.4, 0.5) is 4.39 Å². The van der Waals surface area contributed by atoms with Gasteiger partial charge in [0, 0.05) is 12.1 Å². The number of rotatable bonds is 6. The molecule has 1 aliphatic heterocycles. The van der Waals surface area contributed by atoms with E-state index in [0.717, 1.165) is 38.6 Å². The maximum Gasteiger partial charge on any atom is 0.269 e. The summed E-state index contributed by atoms with van der Waals surface area (Å²) in [6, 6.07) is 0. The highest BCUT2D eigenvalue weighted by Crippen LogP contribution is 2.34. The van der Waals surface area contributed by atoms with E-state index >= 15 is 0 Å². The summed E-state index contributed by atoms with van der Waals surface area (Å²) in [5.41, 5.74) is 0.546. The first-order valence-corrected chi connectivity index (χ1v) is 11.9. The average molecular weight is 486 g/mol. The van der Waals surface area contributed by atoms with Crippen molar-refractivity contribution in [3.63, 3.8) is 0 Å². The van der Waals surface area contributed by atoms with Crippen LogP contribution in [-0.2, 0) is 9.59 Å². The van der Waals surface area contributed by atoms with Crippen molar-refractivity contribution >= 4 is 23.8 Å². The van der Waals surface area contributed by atoms with Crippen molar-refractivity contribution in [2.24, 2.45) is 5.92 Å². The summed E-state index contributed by atoms with van der Waals surface area (Å²) in [5, 5.41) is 28.4. The molecule has 2 aliphatic carbocycles. The molecule has 3 rings (SSSR count). The molecule has 1 saturated heterocycles. The minimum atomic E-state index is -0.529. The van der Waals surface area contributed by atoms with Gasteiger partial charge >= 0.3 is 0 Å². The molecule has 0 aromatic heterocycles. The monoisotopic (exact) mass is 485 g/mol. The van der Waals surface area contributed by atoms with E-state index in [-0.39, 0.29) is 28.6 Å². The molecular weight excluding hydrogens is 449 g/mol. The zero-order valence-corrected chi connectivity index (χ0v) is 20.7. The zero-order valence-electron chi connectivity index (χ0n) is 19.9. The van der Waals surface area contributed by atoms with Crippen LogP contribution in [0.3, 0.4) is 0 Å². The first kappa shape index (κ1) is 28.9. The van der Waals surface area contributed by atoms with Crippen molar-refractivity contribution in [2.45, 2.75) is 65.0 Å². The van der Waals surface area contributed by atoms with E-state index in [1.807, 2.05) is 27.8 Å². The maximum absolute atomic E-state index is 12.6. The summed E-state index contributed by atoms with van der Waals surface area (Å²) in [6.45, 7) is 6.17. The van der Waals surface area contributed by atoms with Crippen molar-refractivity contribution in [1.29, 1.82) is 0 Å². The van der Waals surface area contributed by atoms with Gasteiger partial charge in [0.2, 0.25) is 0 Å². The Bertz CT molecular complexity index is 815. The average Bonchev–Trinajstić information content (AvgIpc) is 3.41. The van der Waals surface area contributed by atoms with Gasteiger partial charge in [-0.15, -0.1) is 0 Å². The number of aliphatic hydroxyl groups excluding tert-OH is 2. The molecule has 3 aliphatic rings. The van der Waals surface area contributed by atoms with Crippen LogP contribution in [0.15, 0.2) is 45.6 Å². The molecule has 1 heterocycles. The minimum Gasteiger partial charge on any atom is -0.504 e. The van der Waals surface area contributed by atoms with Gasteiger partial charge in [0.05, 0.1) is 11.6 Å². The van der Waals surface area contributed by atoms with Gasteiger partial charge in [-0.2, -0.15) is 0 Å². The number of halogens is 2. The van der Waals surface area contributed by atoms with E-state index in [0.29, 0.717) is 23.6 Å². The lowest BCUT2D eigenvalue weighted by molar-refractivity contribution is -0.117. The summed E-state index contributed by atoms with van der Waals surface area (Å²) in [7, 11) is 1.87. The van der Waals surface area contributed by atoms with Crippen molar-refractivity contribution in [3.05, 3.63) is 45.6 Å². The van der Waals surface area contributed by atoms with Gasteiger partial charge in [0.25, 0.3) is 5.91 Å². The molecule has 1 atom stereocenters. The van der Waals surface area contributed by atoms with Crippen molar-refractivity contribution in [3.8, 4) is 0 Å². The smallest absolute Gasteiger partial charge is 0.269 e. The van der Waals surface area contributed by atoms with Crippen LogP contribution in [0.2, 0.25) is 0 Å². The molecule has 0 aromatic carbocycles. The molecule has 33 heavy (non-hydrogen) atoms. The molecule has 186 valence electrons. The fourth-order valence-corrected chi connectivity index (χ4v) is 4.36. The van der Waals surface area contributed by atoms with Crippen LogP contribution in [0.1, 0.15) is 59.3 Å². The number of hydrogen-bond donors (Lipinski definition) is 5. The zero-order chi connectivity index (χ0) is 25.0. The lowest BCUT2D eigenvalue weighted by atomic mass is 10.00. The molecular formula is C24H37ClFN3O4. The number of carbonyl (C=O) groups excluding carboxylic acids is 2. The van der Waals surface area contributed by atoms with Gasteiger partial charge in [-0.05, 0) is 63.1 Å². The Kier molecular flexibility index (Phi) is 12.4. The Morgan fingerprint density at radius 2 is 1.97 bits per heavy atom. The number of amides is 1. The first-order chi connectivity index (χ1) is 15.8. The van der Waals surface area contributed by atoms with Crippen LogP contribution >= 0.6 is 11.6 Å². The highest BCUT2D eigenvalue weighted by molar-refractivity contribution is 6.31. The third kappa shape index (κ3) is 7.69. The molecule has 1 spiro atoms. The van der Waals surface area contributed by atoms with E-state index in [1.165, 1.54) is 6.08 Å². The predicted octanol–water partition coefficient (Wildman–Crippen LogP) is 3.87. The molecule has 1 unspecified atom stereocenters. The fraction of sp³-hybridized carbons (Fsp3) is 0.583.